The van der Waals surface area contributed by atoms with Crippen molar-refractivity contribution in [3.8, 4) is 0 Å². The van der Waals surface area contributed by atoms with Crippen LogP contribution in [0.15, 0.2) is 22.7 Å². The van der Waals surface area contributed by atoms with Crippen molar-refractivity contribution in [2.24, 2.45) is 0 Å². The van der Waals surface area contributed by atoms with Crippen LogP contribution in [0.3, 0.4) is 0 Å². The zero-order valence-electron chi connectivity index (χ0n) is 10.6. The summed E-state index contributed by atoms with van der Waals surface area (Å²) in [5, 5.41) is 9.64. The Morgan fingerprint density at radius 1 is 1.42 bits per heavy atom. The highest BCUT2D eigenvalue weighted by molar-refractivity contribution is 5.90. The molecule has 2 heterocycles. The first-order chi connectivity index (χ1) is 9.22. The fourth-order valence-corrected chi connectivity index (χ4v) is 2.11. The average Bonchev–Trinajstić information content (AvgIpc) is 3.03. The van der Waals surface area contributed by atoms with Crippen molar-refractivity contribution in [1.29, 1.82) is 0 Å². The van der Waals surface area contributed by atoms with Crippen LogP contribution in [0.5, 0.6) is 0 Å². The number of aryl methyl sites for hydroxylation is 1. The number of benzene rings is 1. The third kappa shape index (κ3) is 2.48. The van der Waals surface area contributed by atoms with E-state index in [0.29, 0.717) is 12.4 Å². The van der Waals surface area contributed by atoms with Crippen LogP contribution in [0.25, 0.3) is 0 Å². The lowest BCUT2D eigenvalue weighted by molar-refractivity contribution is 0.0937. The number of nitrogens with zero attached hydrogens (tertiary/aromatic N) is 2. The molecule has 0 saturated heterocycles. The molecule has 1 amide bonds. The third-order valence-electron chi connectivity index (χ3n) is 3.09. The minimum absolute atomic E-state index is 0.0697. The van der Waals surface area contributed by atoms with Gasteiger partial charge in [0.05, 0.1) is 0 Å². The van der Waals surface area contributed by atoms with Crippen molar-refractivity contribution in [2.75, 3.05) is 0 Å². The van der Waals surface area contributed by atoms with Crippen LogP contribution in [0.1, 0.15) is 33.2 Å². The van der Waals surface area contributed by atoms with Gasteiger partial charge >= 0.3 is 0 Å². The Bertz CT molecular complexity index is 621. The molecule has 0 aliphatic carbocycles. The zero-order valence-corrected chi connectivity index (χ0v) is 10.6. The molecule has 1 aromatic carbocycles. The van der Waals surface area contributed by atoms with Gasteiger partial charge in [0.2, 0.25) is 5.89 Å². The molecule has 1 aliphatic heterocycles. The van der Waals surface area contributed by atoms with E-state index in [4.69, 9.17) is 4.52 Å². The molecule has 1 aromatic heterocycles. The molecule has 2 N–H and O–H groups in total. The van der Waals surface area contributed by atoms with Gasteiger partial charge in [-0.3, -0.25) is 4.79 Å². The Hall–Kier alpha value is -2.21. The lowest BCUT2D eigenvalue weighted by Gasteiger charge is -2.05. The minimum atomic E-state index is -0.324. The van der Waals surface area contributed by atoms with Gasteiger partial charge in [-0.05, 0) is 16.7 Å². The number of carbonyl (C=O) groups is 1. The van der Waals surface area contributed by atoms with Gasteiger partial charge in [0, 0.05) is 26.6 Å². The molecule has 2 aromatic rings. The monoisotopic (exact) mass is 258 g/mol. The number of carbonyl (C=O) groups excluding carboxylic acids is 1. The van der Waals surface area contributed by atoms with E-state index in [1.54, 1.807) is 6.92 Å². The molecule has 0 atom stereocenters. The van der Waals surface area contributed by atoms with E-state index in [9.17, 15) is 4.79 Å². The fraction of sp³-hybridized carbons (Fsp3) is 0.308. The number of hydrogen-bond donors (Lipinski definition) is 2. The molecule has 6 heteroatoms. The SMILES string of the molecule is Cc1nc(C(=O)NCc2ccc3c(c2)CNC3)no1. The molecular weight excluding hydrogens is 244 g/mol. The van der Waals surface area contributed by atoms with Crippen molar-refractivity contribution in [2.45, 2.75) is 26.6 Å². The van der Waals surface area contributed by atoms with Crippen LogP contribution in [-0.2, 0) is 19.6 Å². The van der Waals surface area contributed by atoms with Gasteiger partial charge in [-0.2, -0.15) is 4.98 Å². The van der Waals surface area contributed by atoms with E-state index < -0.39 is 0 Å². The third-order valence-corrected chi connectivity index (χ3v) is 3.09. The zero-order chi connectivity index (χ0) is 13.2. The van der Waals surface area contributed by atoms with E-state index in [-0.39, 0.29) is 11.7 Å². The topological polar surface area (TPSA) is 80.0 Å². The molecule has 0 unspecified atom stereocenters. The molecule has 98 valence electrons. The maximum atomic E-state index is 11.8. The molecule has 1 aliphatic rings. The van der Waals surface area contributed by atoms with Crippen molar-refractivity contribution < 1.29 is 9.32 Å². The Kier molecular flexibility index (Phi) is 3.00. The van der Waals surface area contributed by atoms with Crippen LogP contribution >= 0.6 is 0 Å². The van der Waals surface area contributed by atoms with Gasteiger partial charge in [0.1, 0.15) is 0 Å². The summed E-state index contributed by atoms with van der Waals surface area (Å²) in [6, 6.07) is 6.22. The van der Waals surface area contributed by atoms with Gasteiger partial charge in [-0.25, -0.2) is 0 Å². The predicted molar refractivity (Wildman–Crippen MR) is 67.2 cm³/mol. The van der Waals surface area contributed by atoms with E-state index in [0.717, 1.165) is 18.7 Å². The Morgan fingerprint density at radius 2 is 2.26 bits per heavy atom. The van der Waals surface area contributed by atoms with E-state index in [1.165, 1.54) is 11.1 Å². The molecule has 0 radical (unpaired) electrons. The van der Waals surface area contributed by atoms with Crippen molar-refractivity contribution in [1.82, 2.24) is 20.8 Å². The molecule has 6 nitrogen and oxygen atoms in total. The lowest BCUT2D eigenvalue weighted by Crippen LogP contribution is -2.24. The largest absolute Gasteiger partial charge is 0.345 e. The molecule has 0 bridgehead atoms. The van der Waals surface area contributed by atoms with E-state index in [1.807, 2.05) is 6.07 Å². The number of amides is 1. The molecule has 0 fully saturated rings. The van der Waals surface area contributed by atoms with Gasteiger partial charge < -0.3 is 15.2 Å². The maximum absolute atomic E-state index is 11.8. The molecule has 0 saturated carbocycles. The van der Waals surface area contributed by atoms with Crippen LogP contribution in [0, 0.1) is 6.92 Å². The molecule has 19 heavy (non-hydrogen) atoms. The summed E-state index contributed by atoms with van der Waals surface area (Å²) in [7, 11) is 0. The molecule has 3 rings (SSSR count). The summed E-state index contributed by atoms with van der Waals surface area (Å²) in [6.45, 7) is 3.92. The normalized spacial score (nSPS) is 13.3. The Labute approximate surface area is 110 Å². The summed E-state index contributed by atoms with van der Waals surface area (Å²) in [5.41, 5.74) is 3.68. The highest BCUT2D eigenvalue weighted by Gasteiger charge is 2.13. The number of nitrogens with one attached hydrogen (secondary N) is 2. The summed E-state index contributed by atoms with van der Waals surface area (Å²) in [4.78, 5) is 15.6. The summed E-state index contributed by atoms with van der Waals surface area (Å²) < 4.78 is 4.77. The Morgan fingerprint density at radius 3 is 3.05 bits per heavy atom. The standard InChI is InChI=1S/C13H14N4O2/c1-8-16-12(17-19-8)13(18)15-5-9-2-3-10-6-14-7-11(10)4-9/h2-4,14H,5-7H2,1H3,(H,15,18). The van der Waals surface area contributed by atoms with Crippen LogP contribution < -0.4 is 10.6 Å². The summed E-state index contributed by atoms with van der Waals surface area (Å²) in [5.74, 6) is 0.129. The summed E-state index contributed by atoms with van der Waals surface area (Å²) >= 11 is 0. The van der Waals surface area contributed by atoms with Crippen LogP contribution in [0.2, 0.25) is 0 Å². The predicted octanol–water partition coefficient (Wildman–Crippen LogP) is 0.911. The van der Waals surface area contributed by atoms with Gasteiger partial charge in [0.25, 0.3) is 11.7 Å². The molecule has 0 spiro atoms. The quantitative estimate of drug-likeness (QED) is 0.855. The second-order valence-corrected chi connectivity index (χ2v) is 4.53. The second-order valence-electron chi connectivity index (χ2n) is 4.53. The van der Waals surface area contributed by atoms with Crippen molar-refractivity contribution in [3.05, 3.63) is 46.6 Å². The van der Waals surface area contributed by atoms with E-state index >= 15 is 0 Å². The average molecular weight is 258 g/mol. The maximum Gasteiger partial charge on any atom is 0.292 e. The second kappa shape index (κ2) is 4.81. The first-order valence-electron chi connectivity index (χ1n) is 6.12. The fourth-order valence-electron chi connectivity index (χ4n) is 2.11. The first kappa shape index (κ1) is 11.9. The Balaban J connectivity index is 1.64. The van der Waals surface area contributed by atoms with Crippen molar-refractivity contribution in [3.63, 3.8) is 0 Å². The first-order valence-corrected chi connectivity index (χ1v) is 6.12. The summed E-state index contributed by atoms with van der Waals surface area (Å²) in [6.07, 6.45) is 0. The number of aromatic nitrogens is 2. The van der Waals surface area contributed by atoms with Crippen molar-refractivity contribution >= 4 is 5.91 Å². The highest BCUT2D eigenvalue weighted by Crippen LogP contribution is 2.16. The smallest absolute Gasteiger partial charge is 0.292 e. The molecular formula is C13H14N4O2. The number of rotatable bonds is 3. The lowest BCUT2D eigenvalue weighted by atomic mass is 10.1. The van der Waals surface area contributed by atoms with E-state index in [2.05, 4.69) is 32.9 Å². The van der Waals surface area contributed by atoms with Gasteiger partial charge in [-0.15, -0.1) is 0 Å². The number of hydrogen-bond acceptors (Lipinski definition) is 5. The van der Waals surface area contributed by atoms with Gasteiger partial charge in [-0.1, -0.05) is 23.4 Å². The number of fused-ring (bicyclic) bond motifs is 1. The minimum Gasteiger partial charge on any atom is -0.345 e. The highest BCUT2D eigenvalue weighted by atomic mass is 16.5. The van der Waals surface area contributed by atoms with Gasteiger partial charge in [0.15, 0.2) is 0 Å². The van der Waals surface area contributed by atoms with Crippen LogP contribution in [0.4, 0.5) is 0 Å². The van der Waals surface area contributed by atoms with Crippen LogP contribution in [-0.4, -0.2) is 16.0 Å².